The van der Waals surface area contributed by atoms with Crippen LogP contribution in [0.5, 0.6) is 0 Å². The molecule has 3 N–H and O–H groups in total. The number of nitrogens with one attached hydrogen (secondary N) is 3. The van der Waals surface area contributed by atoms with Gasteiger partial charge in [-0.25, -0.2) is 10.9 Å². The van der Waals surface area contributed by atoms with E-state index in [2.05, 4.69) is 32.1 Å². The second kappa shape index (κ2) is 8.44. The molecular weight excluding hydrogens is 398 g/mol. The maximum atomic E-state index is 12.5. The smallest absolute Gasteiger partial charge is 0.314 e. The summed E-state index contributed by atoms with van der Waals surface area (Å²) < 4.78 is 6.13. The quantitative estimate of drug-likeness (QED) is 0.651. The van der Waals surface area contributed by atoms with Gasteiger partial charge in [-0.15, -0.1) is 0 Å². The van der Waals surface area contributed by atoms with Gasteiger partial charge in [-0.2, -0.15) is 0 Å². The van der Waals surface area contributed by atoms with Crippen LogP contribution in [0.4, 0.5) is 0 Å². The summed E-state index contributed by atoms with van der Waals surface area (Å²) in [6, 6.07) is 16.3. The van der Waals surface area contributed by atoms with Gasteiger partial charge in [0.1, 0.15) is 12.1 Å². The Labute approximate surface area is 160 Å². The largest absolute Gasteiger partial charge is 0.466 e. The van der Waals surface area contributed by atoms with Crippen LogP contribution in [-0.2, 0) is 9.53 Å². The summed E-state index contributed by atoms with van der Waals surface area (Å²) in [6.07, 6.45) is -0.588. The maximum Gasteiger partial charge on any atom is 0.314 e. The van der Waals surface area contributed by atoms with Crippen LogP contribution in [0.2, 0.25) is 0 Å². The molecule has 7 heteroatoms. The number of ether oxygens (including phenoxy) is 1. The number of amides is 1. The third-order valence-corrected chi connectivity index (χ3v) is 4.75. The van der Waals surface area contributed by atoms with Crippen molar-refractivity contribution in [2.75, 3.05) is 6.61 Å². The standard InChI is InChI=1S/C19H20BrN3O3/c1-2-26-19(25)15-16(12-6-4-3-5-7-12)22-23-17(15)21-18(24)13-8-10-14(20)11-9-13/h3-11,15-17,22-23H,2H2,1H3,(H,21,24). The van der Waals surface area contributed by atoms with Crippen molar-refractivity contribution in [3.8, 4) is 0 Å². The van der Waals surface area contributed by atoms with Crippen molar-refractivity contribution in [2.45, 2.75) is 19.1 Å². The number of carbonyl (C=O) groups excluding carboxylic acids is 2. The molecule has 136 valence electrons. The lowest BCUT2D eigenvalue weighted by atomic mass is 9.92. The van der Waals surface area contributed by atoms with Crippen LogP contribution in [-0.4, -0.2) is 24.6 Å². The molecule has 6 nitrogen and oxygen atoms in total. The highest BCUT2D eigenvalue weighted by molar-refractivity contribution is 9.10. The molecule has 3 unspecified atom stereocenters. The van der Waals surface area contributed by atoms with Crippen molar-refractivity contribution in [1.29, 1.82) is 0 Å². The summed E-state index contributed by atoms with van der Waals surface area (Å²) in [4.78, 5) is 25.1. The zero-order valence-electron chi connectivity index (χ0n) is 14.2. The molecule has 1 aliphatic rings. The molecule has 0 saturated carbocycles. The third-order valence-electron chi connectivity index (χ3n) is 4.22. The molecule has 1 saturated heterocycles. The molecule has 0 aliphatic carbocycles. The molecule has 1 amide bonds. The Hall–Kier alpha value is -2.22. The average molecular weight is 418 g/mol. The van der Waals surface area contributed by atoms with E-state index in [1.807, 2.05) is 30.3 Å². The predicted molar refractivity (Wildman–Crippen MR) is 101 cm³/mol. The summed E-state index contributed by atoms with van der Waals surface area (Å²) in [5.41, 5.74) is 7.58. The Morgan fingerprint density at radius 1 is 1.08 bits per heavy atom. The van der Waals surface area contributed by atoms with E-state index in [-0.39, 0.29) is 24.5 Å². The highest BCUT2D eigenvalue weighted by atomic mass is 79.9. The molecule has 3 rings (SSSR count). The first kappa shape index (κ1) is 18.6. The fourth-order valence-electron chi connectivity index (χ4n) is 2.96. The van der Waals surface area contributed by atoms with Crippen molar-refractivity contribution >= 4 is 27.8 Å². The predicted octanol–water partition coefficient (Wildman–Crippen LogP) is 2.53. The van der Waals surface area contributed by atoms with Gasteiger partial charge in [-0.1, -0.05) is 46.3 Å². The van der Waals surface area contributed by atoms with Crippen LogP contribution in [0.1, 0.15) is 28.9 Å². The summed E-state index contributed by atoms with van der Waals surface area (Å²) in [7, 11) is 0. The first-order chi connectivity index (χ1) is 12.6. The number of rotatable bonds is 5. The Balaban J connectivity index is 1.80. The van der Waals surface area contributed by atoms with Gasteiger partial charge >= 0.3 is 5.97 Å². The van der Waals surface area contributed by atoms with E-state index in [0.29, 0.717) is 5.56 Å². The molecule has 2 aromatic carbocycles. The van der Waals surface area contributed by atoms with Gasteiger partial charge < -0.3 is 10.1 Å². The lowest BCUT2D eigenvalue weighted by molar-refractivity contribution is -0.149. The fraction of sp³-hybridized carbons (Fsp3) is 0.263. The Kier molecular flexibility index (Phi) is 6.03. The molecule has 0 bridgehead atoms. The lowest BCUT2D eigenvalue weighted by Crippen LogP contribution is -2.48. The molecule has 0 aromatic heterocycles. The minimum absolute atomic E-state index is 0.264. The second-order valence-corrected chi connectivity index (χ2v) is 6.83. The minimum Gasteiger partial charge on any atom is -0.466 e. The highest BCUT2D eigenvalue weighted by Gasteiger charge is 2.43. The second-order valence-electron chi connectivity index (χ2n) is 5.91. The maximum absolute atomic E-state index is 12.5. The Morgan fingerprint density at radius 2 is 1.77 bits per heavy atom. The summed E-state index contributed by atoms with van der Waals surface area (Å²) in [5, 5.41) is 2.88. The number of carbonyl (C=O) groups is 2. The summed E-state index contributed by atoms with van der Waals surface area (Å²) in [5.74, 6) is -1.21. The Bertz CT molecular complexity index is 767. The zero-order chi connectivity index (χ0) is 18.5. The van der Waals surface area contributed by atoms with Gasteiger partial charge in [-0.05, 0) is 36.8 Å². The summed E-state index contributed by atoms with van der Waals surface area (Å²) >= 11 is 3.35. The van der Waals surface area contributed by atoms with Crippen molar-refractivity contribution in [1.82, 2.24) is 16.2 Å². The van der Waals surface area contributed by atoms with Gasteiger partial charge in [0.25, 0.3) is 5.91 Å². The van der Waals surface area contributed by atoms with Crippen LogP contribution in [0.3, 0.4) is 0 Å². The monoisotopic (exact) mass is 417 g/mol. The van der Waals surface area contributed by atoms with Crippen LogP contribution in [0.15, 0.2) is 59.1 Å². The molecular formula is C19H20BrN3O3. The number of esters is 1. The number of hydrazine groups is 1. The van der Waals surface area contributed by atoms with Crippen LogP contribution in [0.25, 0.3) is 0 Å². The van der Waals surface area contributed by atoms with Crippen molar-refractivity contribution in [3.63, 3.8) is 0 Å². The number of hydrogen-bond donors (Lipinski definition) is 3. The Morgan fingerprint density at radius 3 is 2.42 bits per heavy atom. The minimum atomic E-state index is -0.588. The van der Waals surface area contributed by atoms with Crippen LogP contribution in [0, 0.1) is 5.92 Å². The lowest BCUT2D eigenvalue weighted by Gasteiger charge is -2.22. The highest BCUT2D eigenvalue weighted by Crippen LogP contribution is 2.29. The number of benzene rings is 2. The van der Waals surface area contributed by atoms with E-state index in [4.69, 9.17) is 4.74 Å². The summed E-state index contributed by atoms with van der Waals surface area (Å²) in [6.45, 7) is 2.05. The topological polar surface area (TPSA) is 79.5 Å². The molecule has 1 heterocycles. The normalized spacial score (nSPS) is 22.0. The fourth-order valence-corrected chi connectivity index (χ4v) is 3.23. The van der Waals surface area contributed by atoms with Gasteiger partial charge in [-0.3, -0.25) is 9.59 Å². The SMILES string of the molecule is CCOC(=O)C1C(NC(=O)c2ccc(Br)cc2)NNC1c1ccccc1. The zero-order valence-corrected chi connectivity index (χ0v) is 15.8. The van der Waals surface area contributed by atoms with Crippen molar-refractivity contribution < 1.29 is 14.3 Å². The van der Waals surface area contributed by atoms with Crippen LogP contribution >= 0.6 is 15.9 Å². The molecule has 0 spiro atoms. The third kappa shape index (κ3) is 4.12. The van der Waals surface area contributed by atoms with Crippen molar-refractivity contribution in [2.24, 2.45) is 5.92 Å². The van der Waals surface area contributed by atoms with E-state index in [9.17, 15) is 9.59 Å². The molecule has 1 fully saturated rings. The first-order valence-corrected chi connectivity index (χ1v) is 9.18. The molecule has 0 radical (unpaired) electrons. The molecule has 3 atom stereocenters. The molecule has 2 aromatic rings. The van der Waals surface area contributed by atoms with Gasteiger partial charge in [0.05, 0.1) is 12.6 Å². The van der Waals surface area contributed by atoms with E-state index in [1.165, 1.54) is 0 Å². The van der Waals surface area contributed by atoms with Gasteiger partial charge in [0, 0.05) is 10.0 Å². The number of halogens is 1. The number of hydrogen-bond acceptors (Lipinski definition) is 5. The first-order valence-electron chi connectivity index (χ1n) is 8.39. The van der Waals surface area contributed by atoms with E-state index in [0.717, 1.165) is 10.0 Å². The molecule has 26 heavy (non-hydrogen) atoms. The van der Waals surface area contributed by atoms with Gasteiger partial charge in [0.2, 0.25) is 0 Å². The van der Waals surface area contributed by atoms with Crippen LogP contribution < -0.4 is 16.2 Å². The average Bonchev–Trinajstić information content (AvgIpc) is 3.07. The van der Waals surface area contributed by atoms with E-state index in [1.54, 1.807) is 31.2 Å². The van der Waals surface area contributed by atoms with Crippen molar-refractivity contribution in [3.05, 3.63) is 70.2 Å². The van der Waals surface area contributed by atoms with Gasteiger partial charge in [0.15, 0.2) is 0 Å². The van der Waals surface area contributed by atoms with E-state index >= 15 is 0 Å². The van der Waals surface area contributed by atoms with E-state index < -0.39 is 12.1 Å². The molecule has 1 aliphatic heterocycles.